The van der Waals surface area contributed by atoms with Crippen molar-refractivity contribution >= 4 is 28.8 Å². The van der Waals surface area contributed by atoms with Crippen LogP contribution in [0.3, 0.4) is 0 Å². The van der Waals surface area contributed by atoms with Gasteiger partial charge in [-0.25, -0.2) is 10.8 Å². The zero-order chi connectivity index (χ0) is 13.4. The van der Waals surface area contributed by atoms with E-state index in [1.165, 1.54) is 11.3 Å². The molecule has 0 radical (unpaired) electrons. The topological polar surface area (TPSA) is 68.0 Å². The van der Waals surface area contributed by atoms with Crippen molar-refractivity contribution in [1.29, 1.82) is 0 Å². The Labute approximate surface area is 119 Å². The Hall–Kier alpha value is -1.43. The number of nitrogens with zero attached hydrogens (tertiary/aromatic N) is 1. The summed E-state index contributed by atoms with van der Waals surface area (Å²) in [4.78, 5) is 17.0. The van der Waals surface area contributed by atoms with E-state index in [0.717, 1.165) is 29.1 Å². The van der Waals surface area contributed by atoms with Crippen molar-refractivity contribution in [3.05, 3.63) is 39.9 Å². The van der Waals surface area contributed by atoms with Crippen molar-refractivity contribution in [3.63, 3.8) is 0 Å². The van der Waals surface area contributed by atoms with Crippen molar-refractivity contribution < 1.29 is 4.79 Å². The number of carbonyl (C=O) groups is 1. The van der Waals surface area contributed by atoms with Crippen LogP contribution < -0.4 is 11.3 Å². The smallest absolute Gasteiger partial charge is 0.277 e. The zero-order valence-electron chi connectivity index (χ0n) is 10.0. The number of amides is 1. The van der Waals surface area contributed by atoms with Crippen LogP contribution in [0.5, 0.6) is 0 Å². The Morgan fingerprint density at radius 2 is 2.05 bits per heavy atom. The standard InChI is InChI=1S/C13H12ClN3OS/c14-9-5-3-8(4-6-9)13-16-10(7-1-2-7)11(19-13)12(18)17-15/h3-7H,1-2,15H2,(H,17,18). The summed E-state index contributed by atoms with van der Waals surface area (Å²) < 4.78 is 0. The Morgan fingerprint density at radius 1 is 1.37 bits per heavy atom. The van der Waals surface area contributed by atoms with Crippen LogP contribution >= 0.6 is 22.9 Å². The van der Waals surface area contributed by atoms with Gasteiger partial charge in [0.25, 0.3) is 5.91 Å². The van der Waals surface area contributed by atoms with Crippen molar-refractivity contribution in [1.82, 2.24) is 10.4 Å². The second-order valence-electron chi connectivity index (χ2n) is 4.49. The first-order valence-electron chi connectivity index (χ1n) is 5.96. The highest BCUT2D eigenvalue weighted by molar-refractivity contribution is 7.17. The maximum absolute atomic E-state index is 11.8. The van der Waals surface area contributed by atoms with E-state index in [1.54, 1.807) is 0 Å². The van der Waals surface area contributed by atoms with Gasteiger partial charge in [-0.05, 0) is 25.0 Å². The Bertz CT molecular complexity index is 619. The second-order valence-corrected chi connectivity index (χ2v) is 5.92. The first-order chi connectivity index (χ1) is 9.19. The van der Waals surface area contributed by atoms with Gasteiger partial charge in [-0.15, -0.1) is 11.3 Å². The fraction of sp³-hybridized carbons (Fsp3) is 0.231. The molecule has 1 saturated carbocycles. The lowest BCUT2D eigenvalue weighted by Gasteiger charge is -1.97. The number of aromatic nitrogens is 1. The van der Waals surface area contributed by atoms with E-state index < -0.39 is 0 Å². The minimum absolute atomic E-state index is 0.264. The SMILES string of the molecule is NNC(=O)c1sc(-c2ccc(Cl)cc2)nc1C1CC1. The molecule has 3 N–H and O–H groups in total. The van der Waals surface area contributed by atoms with Crippen molar-refractivity contribution in [3.8, 4) is 10.6 Å². The molecule has 0 saturated heterocycles. The lowest BCUT2D eigenvalue weighted by Crippen LogP contribution is -2.29. The summed E-state index contributed by atoms with van der Waals surface area (Å²) in [5.74, 6) is 5.37. The predicted molar refractivity (Wildman–Crippen MR) is 76.2 cm³/mol. The van der Waals surface area contributed by atoms with Crippen LogP contribution in [0.4, 0.5) is 0 Å². The van der Waals surface area contributed by atoms with E-state index in [2.05, 4.69) is 10.4 Å². The van der Waals surface area contributed by atoms with Gasteiger partial charge in [-0.2, -0.15) is 0 Å². The average Bonchev–Trinajstić information content (AvgIpc) is 3.18. The van der Waals surface area contributed by atoms with Gasteiger partial charge in [0, 0.05) is 16.5 Å². The molecule has 98 valence electrons. The molecule has 2 aromatic rings. The molecule has 1 aliphatic rings. The van der Waals surface area contributed by atoms with Gasteiger partial charge in [-0.1, -0.05) is 23.7 Å². The number of carbonyl (C=O) groups excluding carboxylic acids is 1. The Balaban J connectivity index is 2.02. The van der Waals surface area contributed by atoms with Crippen LogP contribution in [0, 0.1) is 0 Å². The molecule has 1 aromatic heterocycles. The number of nitrogens with two attached hydrogens (primary N) is 1. The molecule has 19 heavy (non-hydrogen) atoms. The van der Waals surface area contributed by atoms with Gasteiger partial charge in [-0.3, -0.25) is 10.2 Å². The number of nitrogen functional groups attached to an aromatic ring is 1. The highest BCUT2D eigenvalue weighted by Crippen LogP contribution is 2.44. The number of nitrogens with one attached hydrogen (secondary N) is 1. The van der Waals surface area contributed by atoms with E-state index in [0.29, 0.717) is 15.8 Å². The lowest BCUT2D eigenvalue weighted by atomic mass is 10.2. The number of hydrogen-bond donors (Lipinski definition) is 2. The van der Waals surface area contributed by atoms with Crippen molar-refractivity contribution in [2.24, 2.45) is 5.84 Å². The minimum atomic E-state index is -0.264. The van der Waals surface area contributed by atoms with Crippen LogP contribution in [-0.4, -0.2) is 10.9 Å². The van der Waals surface area contributed by atoms with E-state index in [-0.39, 0.29) is 5.91 Å². The van der Waals surface area contributed by atoms with Crippen LogP contribution in [0.15, 0.2) is 24.3 Å². The molecule has 1 amide bonds. The first-order valence-corrected chi connectivity index (χ1v) is 7.16. The van der Waals surface area contributed by atoms with Crippen LogP contribution in [0.2, 0.25) is 5.02 Å². The normalized spacial score (nSPS) is 14.4. The first kappa shape index (κ1) is 12.6. The zero-order valence-corrected chi connectivity index (χ0v) is 11.6. The minimum Gasteiger partial charge on any atom is -0.289 e. The molecule has 0 unspecified atom stereocenters. The van der Waals surface area contributed by atoms with Crippen LogP contribution in [0.25, 0.3) is 10.6 Å². The molecule has 1 aromatic carbocycles. The molecule has 1 aliphatic carbocycles. The molecule has 0 atom stereocenters. The van der Waals surface area contributed by atoms with Crippen molar-refractivity contribution in [2.75, 3.05) is 0 Å². The maximum Gasteiger partial charge on any atom is 0.277 e. The summed E-state index contributed by atoms with van der Waals surface area (Å²) in [6.45, 7) is 0. The van der Waals surface area contributed by atoms with E-state index in [4.69, 9.17) is 17.4 Å². The predicted octanol–water partition coefficient (Wildman–Crippen LogP) is 2.94. The Kier molecular flexibility index (Phi) is 3.26. The highest BCUT2D eigenvalue weighted by atomic mass is 35.5. The van der Waals surface area contributed by atoms with Crippen LogP contribution in [0.1, 0.15) is 34.1 Å². The lowest BCUT2D eigenvalue weighted by molar-refractivity contribution is 0.0956. The fourth-order valence-electron chi connectivity index (χ4n) is 1.91. The quantitative estimate of drug-likeness (QED) is 0.519. The number of thiazole rings is 1. The van der Waals surface area contributed by atoms with Gasteiger partial charge in [0.05, 0.1) is 5.69 Å². The van der Waals surface area contributed by atoms with Crippen LogP contribution in [-0.2, 0) is 0 Å². The summed E-state index contributed by atoms with van der Waals surface area (Å²) in [6, 6.07) is 7.44. The maximum atomic E-state index is 11.8. The average molecular weight is 294 g/mol. The molecule has 6 heteroatoms. The van der Waals surface area contributed by atoms with Gasteiger partial charge < -0.3 is 0 Å². The summed E-state index contributed by atoms with van der Waals surface area (Å²) in [7, 11) is 0. The number of hydrogen-bond acceptors (Lipinski definition) is 4. The molecule has 0 spiro atoms. The van der Waals surface area contributed by atoms with Gasteiger partial charge in [0.1, 0.15) is 9.88 Å². The molecular weight excluding hydrogens is 282 g/mol. The monoisotopic (exact) mass is 293 g/mol. The number of benzene rings is 1. The third-order valence-corrected chi connectivity index (χ3v) is 4.42. The van der Waals surface area contributed by atoms with E-state index in [1.807, 2.05) is 24.3 Å². The summed E-state index contributed by atoms with van der Waals surface area (Å²) in [6.07, 6.45) is 2.18. The summed E-state index contributed by atoms with van der Waals surface area (Å²) in [5.41, 5.74) is 4.03. The highest BCUT2D eigenvalue weighted by Gasteiger charge is 2.32. The fourth-order valence-corrected chi connectivity index (χ4v) is 3.10. The van der Waals surface area contributed by atoms with Crippen molar-refractivity contribution in [2.45, 2.75) is 18.8 Å². The molecule has 0 aliphatic heterocycles. The molecule has 1 heterocycles. The van der Waals surface area contributed by atoms with Gasteiger partial charge >= 0.3 is 0 Å². The molecular formula is C13H12ClN3OS. The molecule has 4 nitrogen and oxygen atoms in total. The van der Waals surface area contributed by atoms with Gasteiger partial charge in [0.2, 0.25) is 0 Å². The third-order valence-electron chi connectivity index (χ3n) is 3.05. The summed E-state index contributed by atoms with van der Waals surface area (Å²) in [5, 5.41) is 1.51. The van der Waals surface area contributed by atoms with E-state index >= 15 is 0 Å². The largest absolute Gasteiger partial charge is 0.289 e. The summed E-state index contributed by atoms with van der Waals surface area (Å²) >= 11 is 7.24. The van der Waals surface area contributed by atoms with Gasteiger partial charge in [0.15, 0.2) is 0 Å². The number of halogens is 1. The Morgan fingerprint density at radius 3 is 2.63 bits per heavy atom. The number of rotatable bonds is 3. The number of hydrazine groups is 1. The molecule has 0 bridgehead atoms. The van der Waals surface area contributed by atoms with E-state index in [9.17, 15) is 4.79 Å². The third kappa shape index (κ3) is 2.49. The molecule has 1 fully saturated rings. The second kappa shape index (κ2) is 4.92. The molecule has 3 rings (SSSR count).